The van der Waals surface area contributed by atoms with Crippen LogP contribution in [0.2, 0.25) is 0 Å². The lowest BCUT2D eigenvalue weighted by Crippen LogP contribution is -2.39. The summed E-state index contributed by atoms with van der Waals surface area (Å²) in [6.45, 7) is 8.93. The third kappa shape index (κ3) is 3.68. The van der Waals surface area contributed by atoms with Crippen LogP contribution in [-0.2, 0) is 18.3 Å². The lowest BCUT2D eigenvalue weighted by Gasteiger charge is -2.35. The molecule has 0 bridgehead atoms. The van der Waals surface area contributed by atoms with Gasteiger partial charge in [-0.1, -0.05) is 28.3 Å². The third-order valence-electron chi connectivity index (χ3n) is 6.62. The normalized spacial score (nSPS) is 20.7. The zero-order valence-corrected chi connectivity index (χ0v) is 18.0. The van der Waals surface area contributed by atoms with Crippen LogP contribution < -0.4 is 9.47 Å². The second kappa shape index (κ2) is 8.32. The molecule has 2 fully saturated rings. The maximum absolute atomic E-state index is 5.55. The Kier molecular flexibility index (Phi) is 5.39. The average molecular weight is 408 g/mol. The van der Waals surface area contributed by atoms with Crippen molar-refractivity contribution in [1.29, 1.82) is 0 Å². The van der Waals surface area contributed by atoms with Crippen LogP contribution in [0, 0.1) is 6.92 Å². The molecule has 0 saturated carbocycles. The Morgan fingerprint density at radius 1 is 1.17 bits per heavy atom. The monoisotopic (exact) mass is 407 g/mol. The molecule has 5 rings (SSSR count). The third-order valence-corrected chi connectivity index (χ3v) is 6.62. The number of para-hydroxylation sites is 1. The summed E-state index contributed by atoms with van der Waals surface area (Å²) in [5.41, 5.74) is 5.29. The molecule has 1 unspecified atom stereocenters. The van der Waals surface area contributed by atoms with Gasteiger partial charge in [0, 0.05) is 43.9 Å². The number of ether oxygens (including phenoxy) is 1. The van der Waals surface area contributed by atoms with E-state index in [0.717, 1.165) is 51.7 Å². The Labute approximate surface area is 177 Å². The number of aromatic nitrogens is 4. The number of fused-ring (bicyclic) bond motifs is 1. The van der Waals surface area contributed by atoms with E-state index in [1.165, 1.54) is 35.5 Å². The molecule has 0 spiro atoms. The van der Waals surface area contributed by atoms with Crippen LogP contribution in [0.25, 0.3) is 5.78 Å². The van der Waals surface area contributed by atoms with Crippen molar-refractivity contribution in [3.8, 4) is 0 Å². The van der Waals surface area contributed by atoms with Gasteiger partial charge in [-0.25, -0.2) is 4.57 Å². The minimum atomic E-state index is 0.471. The highest BCUT2D eigenvalue weighted by Crippen LogP contribution is 2.30. The van der Waals surface area contributed by atoms with Crippen molar-refractivity contribution in [2.45, 2.75) is 32.2 Å². The quantitative estimate of drug-likeness (QED) is 0.620. The molecule has 0 amide bonds. The summed E-state index contributed by atoms with van der Waals surface area (Å²) in [5.74, 6) is 1.39. The molecule has 2 aromatic heterocycles. The molecule has 2 aliphatic heterocycles. The first-order valence-corrected chi connectivity index (χ1v) is 11.0. The maximum atomic E-state index is 5.55. The van der Waals surface area contributed by atoms with Crippen molar-refractivity contribution in [3.05, 3.63) is 53.6 Å². The van der Waals surface area contributed by atoms with E-state index in [9.17, 15) is 0 Å². The minimum absolute atomic E-state index is 0.471. The SMILES string of the molecule is Cc1cc(C2CCCN(Cc3ccccc3N3CCOCC3)C2)n2ncnc2[n+]1C. The van der Waals surface area contributed by atoms with Gasteiger partial charge in [-0.2, -0.15) is 0 Å². The molecular formula is C23H31N6O+. The van der Waals surface area contributed by atoms with Gasteiger partial charge in [0.25, 0.3) is 0 Å². The van der Waals surface area contributed by atoms with E-state index >= 15 is 0 Å². The van der Waals surface area contributed by atoms with Crippen LogP contribution in [-0.4, -0.2) is 58.9 Å². The van der Waals surface area contributed by atoms with E-state index in [1.54, 1.807) is 6.33 Å². The summed E-state index contributed by atoms with van der Waals surface area (Å²) >= 11 is 0. The van der Waals surface area contributed by atoms with Crippen LogP contribution in [0.3, 0.4) is 0 Å². The number of rotatable bonds is 4. The van der Waals surface area contributed by atoms with Gasteiger partial charge in [0.05, 0.1) is 26.0 Å². The van der Waals surface area contributed by atoms with Crippen LogP contribution >= 0.6 is 0 Å². The predicted molar refractivity (Wildman–Crippen MR) is 116 cm³/mol. The highest BCUT2D eigenvalue weighted by atomic mass is 16.5. The second-order valence-electron chi connectivity index (χ2n) is 8.54. The number of nitrogens with zero attached hydrogens (tertiary/aromatic N) is 6. The summed E-state index contributed by atoms with van der Waals surface area (Å²) in [6, 6.07) is 11.2. The molecule has 0 radical (unpaired) electrons. The van der Waals surface area contributed by atoms with Crippen LogP contribution in [0.5, 0.6) is 0 Å². The highest BCUT2D eigenvalue weighted by Gasteiger charge is 2.28. The molecule has 1 atom stereocenters. The number of hydrogen-bond donors (Lipinski definition) is 0. The zero-order valence-electron chi connectivity index (χ0n) is 18.0. The standard InChI is InChI=1S/C23H31N6O/c1-18-14-22(29-23(26(18)2)24-17-25-29)20-7-5-9-27(16-20)15-19-6-3-4-8-21(19)28-10-12-30-13-11-28/h3-4,6,8,14,17,20H,5,7,9-13,15-16H2,1-2H3/q+1. The first kappa shape index (κ1) is 19.5. The predicted octanol–water partition coefficient (Wildman–Crippen LogP) is 2.08. The molecule has 2 saturated heterocycles. The molecule has 4 heterocycles. The number of piperidine rings is 1. The van der Waals surface area contributed by atoms with Gasteiger partial charge in [0.2, 0.25) is 6.33 Å². The Balaban J connectivity index is 1.37. The van der Waals surface area contributed by atoms with Gasteiger partial charge < -0.3 is 9.64 Å². The van der Waals surface area contributed by atoms with E-state index in [0.29, 0.717) is 5.92 Å². The van der Waals surface area contributed by atoms with Gasteiger partial charge in [-0.15, -0.1) is 4.52 Å². The number of benzene rings is 1. The fourth-order valence-corrected chi connectivity index (χ4v) is 4.91. The second-order valence-corrected chi connectivity index (χ2v) is 8.54. The number of anilines is 1. The molecule has 30 heavy (non-hydrogen) atoms. The molecule has 158 valence electrons. The lowest BCUT2D eigenvalue weighted by molar-refractivity contribution is -0.656. The molecule has 7 nitrogen and oxygen atoms in total. The van der Waals surface area contributed by atoms with E-state index in [1.807, 2.05) is 4.52 Å². The van der Waals surface area contributed by atoms with Crippen LogP contribution in [0.1, 0.15) is 35.7 Å². The largest absolute Gasteiger partial charge is 0.424 e. The fourth-order valence-electron chi connectivity index (χ4n) is 4.91. The molecule has 0 N–H and O–H groups in total. The number of likely N-dealkylation sites (tertiary alicyclic amines) is 1. The molecule has 7 heteroatoms. The van der Waals surface area contributed by atoms with Gasteiger partial charge in [0.1, 0.15) is 5.69 Å². The maximum Gasteiger partial charge on any atom is 0.424 e. The molecule has 2 aliphatic rings. The summed E-state index contributed by atoms with van der Waals surface area (Å²) in [7, 11) is 2.05. The Morgan fingerprint density at radius 2 is 2.00 bits per heavy atom. The van der Waals surface area contributed by atoms with E-state index in [-0.39, 0.29) is 0 Å². The number of hydrogen-bond acceptors (Lipinski definition) is 5. The zero-order chi connectivity index (χ0) is 20.5. The van der Waals surface area contributed by atoms with Crippen molar-refractivity contribution >= 4 is 11.5 Å². The smallest absolute Gasteiger partial charge is 0.378 e. The van der Waals surface area contributed by atoms with Crippen LogP contribution in [0.15, 0.2) is 36.7 Å². The summed E-state index contributed by atoms with van der Waals surface area (Å²) in [6.07, 6.45) is 4.07. The van der Waals surface area contributed by atoms with Gasteiger partial charge in [-0.3, -0.25) is 4.90 Å². The first-order valence-electron chi connectivity index (χ1n) is 11.0. The Bertz CT molecular complexity index is 1030. The van der Waals surface area contributed by atoms with Crippen molar-refractivity contribution < 1.29 is 9.30 Å². The molecular weight excluding hydrogens is 376 g/mol. The van der Waals surface area contributed by atoms with Gasteiger partial charge >= 0.3 is 5.78 Å². The topological polar surface area (TPSA) is 49.8 Å². The average Bonchev–Trinajstić information content (AvgIpc) is 3.28. The van der Waals surface area contributed by atoms with Gasteiger partial charge in [-0.05, 0) is 37.9 Å². The van der Waals surface area contributed by atoms with Crippen molar-refractivity contribution in [2.24, 2.45) is 7.05 Å². The summed E-state index contributed by atoms with van der Waals surface area (Å²) in [5, 5.41) is 4.53. The van der Waals surface area contributed by atoms with Crippen molar-refractivity contribution in [3.63, 3.8) is 0 Å². The first-order chi connectivity index (χ1) is 14.7. The van der Waals surface area contributed by atoms with Gasteiger partial charge in [0.15, 0.2) is 0 Å². The lowest BCUT2D eigenvalue weighted by atomic mass is 9.93. The van der Waals surface area contributed by atoms with Crippen molar-refractivity contribution in [2.75, 3.05) is 44.3 Å². The minimum Gasteiger partial charge on any atom is -0.378 e. The Hall–Kier alpha value is -2.51. The number of morpholine rings is 1. The van der Waals surface area contributed by atoms with E-state index in [4.69, 9.17) is 4.74 Å². The molecule has 1 aromatic carbocycles. The fraction of sp³-hybridized carbons (Fsp3) is 0.522. The summed E-state index contributed by atoms with van der Waals surface area (Å²) < 4.78 is 9.69. The number of aryl methyl sites for hydroxylation is 2. The summed E-state index contributed by atoms with van der Waals surface area (Å²) in [4.78, 5) is 9.55. The molecule has 0 aliphatic carbocycles. The van der Waals surface area contributed by atoms with E-state index in [2.05, 4.69) is 68.8 Å². The van der Waals surface area contributed by atoms with Crippen molar-refractivity contribution in [1.82, 2.24) is 19.5 Å². The van der Waals surface area contributed by atoms with Crippen LogP contribution in [0.4, 0.5) is 5.69 Å². The highest BCUT2D eigenvalue weighted by molar-refractivity contribution is 5.54. The Morgan fingerprint density at radius 3 is 2.87 bits per heavy atom. The van der Waals surface area contributed by atoms with E-state index < -0.39 is 0 Å². The molecule has 3 aromatic rings.